The molecule has 0 aliphatic carbocycles. The van der Waals surface area contributed by atoms with Crippen molar-refractivity contribution in [3.05, 3.63) is 34.9 Å². The fourth-order valence-electron chi connectivity index (χ4n) is 2.88. The van der Waals surface area contributed by atoms with Crippen LogP contribution in [0.5, 0.6) is 0 Å². The predicted octanol–water partition coefficient (Wildman–Crippen LogP) is 3.20. The molecule has 1 heterocycles. The number of halogens is 1. The van der Waals surface area contributed by atoms with E-state index >= 15 is 0 Å². The van der Waals surface area contributed by atoms with Gasteiger partial charge in [-0.1, -0.05) is 30.7 Å². The van der Waals surface area contributed by atoms with Crippen molar-refractivity contribution in [3.8, 4) is 0 Å². The van der Waals surface area contributed by atoms with Gasteiger partial charge in [-0.15, -0.1) is 0 Å². The number of likely N-dealkylation sites (N-methyl/N-ethyl adjacent to an activating group) is 1. The summed E-state index contributed by atoms with van der Waals surface area (Å²) >= 11 is 5.93. The van der Waals surface area contributed by atoms with E-state index in [1.165, 1.54) is 12.0 Å². The molecule has 1 N–H and O–H groups in total. The Balaban J connectivity index is 1.88. The molecule has 1 aliphatic heterocycles. The van der Waals surface area contributed by atoms with E-state index in [0.29, 0.717) is 11.5 Å². The molecule has 2 rings (SSSR count). The first-order valence-corrected chi connectivity index (χ1v) is 7.52. The van der Waals surface area contributed by atoms with Gasteiger partial charge in [0.25, 0.3) is 0 Å². The summed E-state index contributed by atoms with van der Waals surface area (Å²) in [5.41, 5.74) is 1.79. The van der Waals surface area contributed by atoms with Gasteiger partial charge >= 0.3 is 0 Å². The molecule has 3 heteroatoms. The van der Waals surface area contributed by atoms with Crippen molar-refractivity contribution in [3.63, 3.8) is 0 Å². The van der Waals surface area contributed by atoms with Gasteiger partial charge in [-0.2, -0.15) is 0 Å². The largest absolute Gasteiger partial charge is 0.316 e. The number of hydrogen-bond acceptors (Lipinski definition) is 2. The topological polar surface area (TPSA) is 15.3 Å². The molecule has 0 spiro atoms. The summed E-state index contributed by atoms with van der Waals surface area (Å²) in [5, 5.41) is 4.29. The summed E-state index contributed by atoms with van der Waals surface area (Å²) in [7, 11) is 2.24. The van der Waals surface area contributed by atoms with Crippen LogP contribution in [0.4, 0.5) is 0 Å². The molecule has 1 saturated heterocycles. The van der Waals surface area contributed by atoms with Crippen molar-refractivity contribution < 1.29 is 0 Å². The predicted molar refractivity (Wildman–Crippen MR) is 82.8 cm³/mol. The van der Waals surface area contributed by atoms with E-state index in [4.69, 9.17) is 11.6 Å². The molecule has 19 heavy (non-hydrogen) atoms. The Kier molecular flexibility index (Phi) is 4.88. The van der Waals surface area contributed by atoms with Crippen LogP contribution in [0.2, 0.25) is 5.02 Å². The molecule has 1 aliphatic rings. The summed E-state index contributed by atoms with van der Waals surface area (Å²) in [5.74, 6) is 0. The summed E-state index contributed by atoms with van der Waals surface area (Å²) in [6.07, 6.45) is 2.36. The van der Waals surface area contributed by atoms with Gasteiger partial charge in [0.05, 0.1) is 0 Å². The van der Waals surface area contributed by atoms with E-state index < -0.39 is 0 Å². The molecule has 0 saturated carbocycles. The Labute approximate surface area is 122 Å². The highest BCUT2D eigenvalue weighted by Crippen LogP contribution is 2.26. The Morgan fingerprint density at radius 3 is 2.63 bits per heavy atom. The summed E-state index contributed by atoms with van der Waals surface area (Å²) in [4.78, 5) is 2.49. The number of benzene rings is 1. The van der Waals surface area contributed by atoms with Gasteiger partial charge < -0.3 is 10.2 Å². The Bertz CT molecular complexity index is 396. The number of hydrogen-bond donors (Lipinski definition) is 1. The Hall–Kier alpha value is -0.570. The zero-order valence-electron chi connectivity index (χ0n) is 12.2. The lowest BCUT2D eigenvalue weighted by molar-refractivity contribution is 0.168. The Morgan fingerprint density at radius 1 is 1.37 bits per heavy atom. The van der Waals surface area contributed by atoms with Crippen molar-refractivity contribution in [2.45, 2.75) is 32.7 Å². The average Bonchev–Trinajstić information content (AvgIpc) is 2.78. The summed E-state index contributed by atoms with van der Waals surface area (Å²) < 4.78 is 0. The molecule has 2 unspecified atom stereocenters. The monoisotopic (exact) mass is 280 g/mol. The lowest BCUT2D eigenvalue weighted by Gasteiger charge is -2.33. The maximum Gasteiger partial charge on any atom is 0.0406 e. The van der Waals surface area contributed by atoms with Crippen LogP contribution in [0.25, 0.3) is 0 Å². The highest BCUT2D eigenvalue weighted by Gasteiger charge is 2.30. The molecule has 0 amide bonds. The van der Waals surface area contributed by atoms with Gasteiger partial charge in [0.2, 0.25) is 0 Å². The van der Waals surface area contributed by atoms with Gasteiger partial charge in [0.1, 0.15) is 0 Å². The number of nitrogens with one attached hydrogen (secondary N) is 1. The fourth-order valence-corrected chi connectivity index (χ4v) is 3.01. The SMILES string of the molecule is CC(Cc1ccc(Cl)cc1)N(C)CC1(C)CCNC1. The van der Waals surface area contributed by atoms with Gasteiger partial charge in [0, 0.05) is 24.2 Å². The first kappa shape index (κ1) is 14.8. The summed E-state index contributed by atoms with van der Waals surface area (Å²) in [6.45, 7) is 8.16. The molecule has 2 atom stereocenters. The lowest BCUT2D eigenvalue weighted by Crippen LogP contribution is -2.40. The minimum Gasteiger partial charge on any atom is -0.316 e. The van der Waals surface area contributed by atoms with Crippen LogP contribution in [0, 0.1) is 5.41 Å². The average molecular weight is 281 g/mol. The van der Waals surface area contributed by atoms with E-state index in [1.54, 1.807) is 0 Å². The third kappa shape index (κ3) is 4.20. The van der Waals surface area contributed by atoms with E-state index in [1.807, 2.05) is 12.1 Å². The van der Waals surface area contributed by atoms with Crippen molar-refractivity contribution in [2.24, 2.45) is 5.41 Å². The third-order valence-corrected chi connectivity index (χ3v) is 4.54. The van der Waals surface area contributed by atoms with Crippen LogP contribution in [-0.2, 0) is 6.42 Å². The van der Waals surface area contributed by atoms with Crippen LogP contribution in [-0.4, -0.2) is 37.6 Å². The first-order valence-electron chi connectivity index (χ1n) is 7.14. The minimum atomic E-state index is 0.434. The molecule has 0 radical (unpaired) electrons. The summed E-state index contributed by atoms with van der Waals surface area (Å²) in [6, 6.07) is 8.77. The van der Waals surface area contributed by atoms with E-state index in [2.05, 4.69) is 43.2 Å². The van der Waals surface area contributed by atoms with E-state index in [0.717, 1.165) is 31.1 Å². The van der Waals surface area contributed by atoms with Crippen LogP contribution >= 0.6 is 11.6 Å². The second-order valence-electron chi connectivity index (χ2n) is 6.33. The maximum atomic E-state index is 5.93. The van der Waals surface area contributed by atoms with Gasteiger partial charge in [-0.05, 0) is 56.5 Å². The standard InChI is InChI=1S/C16H25ClN2/c1-13(10-14-4-6-15(17)7-5-14)19(3)12-16(2)8-9-18-11-16/h4-7,13,18H,8-12H2,1-3H3. The molecule has 2 nitrogen and oxygen atoms in total. The van der Waals surface area contributed by atoms with Crippen LogP contribution < -0.4 is 5.32 Å². The van der Waals surface area contributed by atoms with Gasteiger partial charge in [-0.25, -0.2) is 0 Å². The molecule has 1 aromatic carbocycles. The minimum absolute atomic E-state index is 0.434. The van der Waals surface area contributed by atoms with E-state index in [9.17, 15) is 0 Å². The quantitative estimate of drug-likeness (QED) is 0.891. The highest BCUT2D eigenvalue weighted by atomic mass is 35.5. The normalized spacial score (nSPS) is 24.9. The zero-order valence-corrected chi connectivity index (χ0v) is 13.0. The van der Waals surface area contributed by atoms with Crippen molar-refractivity contribution in [1.29, 1.82) is 0 Å². The van der Waals surface area contributed by atoms with Crippen molar-refractivity contribution in [2.75, 3.05) is 26.7 Å². The molecule has 106 valence electrons. The number of nitrogens with zero attached hydrogens (tertiary/aromatic N) is 1. The molecular weight excluding hydrogens is 256 g/mol. The number of rotatable bonds is 5. The zero-order chi connectivity index (χ0) is 13.9. The van der Waals surface area contributed by atoms with Crippen LogP contribution in [0.3, 0.4) is 0 Å². The molecule has 0 bridgehead atoms. The lowest BCUT2D eigenvalue weighted by atomic mass is 9.88. The Morgan fingerprint density at radius 2 is 2.05 bits per heavy atom. The van der Waals surface area contributed by atoms with Crippen molar-refractivity contribution in [1.82, 2.24) is 10.2 Å². The van der Waals surface area contributed by atoms with E-state index in [-0.39, 0.29) is 0 Å². The van der Waals surface area contributed by atoms with Crippen molar-refractivity contribution >= 4 is 11.6 Å². The van der Waals surface area contributed by atoms with Gasteiger partial charge in [0.15, 0.2) is 0 Å². The smallest absolute Gasteiger partial charge is 0.0406 e. The molecular formula is C16H25ClN2. The third-order valence-electron chi connectivity index (χ3n) is 4.29. The molecule has 1 aromatic rings. The second kappa shape index (κ2) is 6.25. The van der Waals surface area contributed by atoms with Crippen LogP contribution in [0.1, 0.15) is 25.8 Å². The van der Waals surface area contributed by atoms with Gasteiger partial charge in [-0.3, -0.25) is 0 Å². The fraction of sp³-hybridized carbons (Fsp3) is 0.625. The van der Waals surface area contributed by atoms with Crippen LogP contribution in [0.15, 0.2) is 24.3 Å². The molecule has 0 aromatic heterocycles. The molecule has 1 fully saturated rings. The second-order valence-corrected chi connectivity index (χ2v) is 6.77. The first-order chi connectivity index (χ1) is 8.98. The maximum absolute atomic E-state index is 5.93. The highest BCUT2D eigenvalue weighted by molar-refractivity contribution is 6.30.